The van der Waals surface area contributed by atoms with E-state index in [1.165, 1.54) is 4.90 Å². The van der Waals surface area contributed by atoms with Gasteiger partial charge in [0, 0.05) is 26.6 Å². The standard InChI is InChI=1S/C24H30N2O5/c1-25(24(29)31-17-19-6-4-3-5-7-19)22(16-18-8-10-21(30-2)11-9-18)23(28)26-14-12-20(27)13-15-26/h3-11,20,22,27H,12-17H2,1-2H3. The number of benzene rings is 2. The lowest BCUT2D eigenvalue weighted by atomic mass is 10.0. The zero-order valence-electron chi connectivity index (χ0n) is 18.1. The van der Waals surface area contributed by atoms with Crippen LogP contribution in [0.15, 0.2) is 54.6 Å². The van der Waals surface area contributed by atoms with Crippen molar-refractivity contribution in [2.75, 3.05) is 27.2 Å². The van der Waals surface area contributed by atoms with Crippen molar-refractivity contribution in [2.24, 2.45) is 0 Å². The topological polar surface area (TPSA) is 79.3 Å². The number of hydrogen-bond donors (Lipinski definition) is 1. The Bertz CT molecular complexity index is 848. The van der Waals surface area contributed by atoms with Crippen molar-refractivity contribution in [3.8, 4) is 5.75 Å². The van der Waals surface area contributed by atoms with Gasteiger partial charge in [-0.1, -0.05) is 42.5 Å². The number of piperidine rings is 1. The third kappa shape index (κ3) is 6.21. The van der Waals surface area contributed by atoms with E-state index in [0.29, 0.717) is 32.4 Å². The number of hydrogen-bond acceptors (Lipinski definition) is 5. The molecule has 2 aromatic carbocycles. The molecule has 2 amide bonds. The van der Waals surface area contributed by atoms with E-state index < -0.39 is 12.1 Å². The third-order valence-corrected chi connectivity index (χ3v) is 5.61. The van der Waals surface area contributed by atoms with Crippen LogP contribution in [0, 0.1) is 0 Å². The summed E-state index contributed by atoms with van der Waals surface area (Å²) < 4.78 is 10.7. The normalized spacial score (nSPS) is 15.3. The first-order chi connectivity index (χ1) is 15.0. The van der Waals surface area contributed by atoms with Gasteiger partial charge < -0.3 is 19.5 Å². The summed E-state index contributed by atoms with van der Waals surface area (Å²) >= 11 is 0. The summed E-state index contributed by atoms with van der Waals surface area (Å²) in [6, 6.07) is 16.2. The number of nitrogens with zero attached hydrogens (tertiary/aromatic N) is 2. The second-order valence-corrected chi connectivity index (χ2v) is 7.78. The molecule has 1 atom stereocenters. The fourth-order valence-corrected chi connectivity index (χ4v) is 3.62. The molecule has 1 unspecified atom stereocenters. The average Bonchev–Trinajstić information content (AvgIpc) is 2.81. The number of carbonyl (C=O) groups excluding carboxylic acids is 2. The van der Waals surface area contributed by atoms with Crippen LogP contribution >= 0.6 is 0 Å². The molecule has 1 fully saturated rings. The molecule has 31 heavy (non-hydrogen) atoms. The number of aliphatic hydroxyl groups is 1. The Morgan fingerprint density at radius 2 is 1.71 bits per heavy atom. The molecule has 2 aromatic rings. The van der Waals surface area contributed by atoms with Gasteiger partial charge in [0.15, 0.2) is 0 Å². The van der Waals surface area contributed by atoms with Crippen molar-refractivity contribution in [1.82, 2.24) is 9.80 Å². The molecule has 0 spiro atoms. The lowest BCUT2D eigenvalue weighted by Gasteiger charge is -2.35. The van der Waals surface area contributed by atoms with E-state index in [9.17, 15) is 14.7 Å². The molecular weight excluding hydrogens is 396 g/mol. The molecule has 0 bridgehead atoms. The first kappa shape index (κ1) is 22.6. The lowest BCUT2D eigenvalue weighted by molar-refractivity contribution is -0.138. The third-order valence-electron chi connectivity index (χ3n) is 5.61. The predicted octanol–water partition coefficient (Wildman–Crippen LogP) is 2.86. The number of rotatable bonds is 7. The Morgan fingerprint density at radius 1 is 1.06 bits per heavy atom. The molecule has 166 valence electrons. The maximum atomic E-state index is 13.3. The van der Waals surface area contributed by atoms with Gasteiger partial charge >= 0.3 is 6.09 Å². The van der Waals surface area contributed by atoms with Gasteiger partial charge in [0.05, 0.1) is 13.2 Å². The second-order valence-electron chi connectivity index (χ2n) is 7.78. The summed E-state index contributed by atoms with van der Waals surface area (Å²) in [6.07, 6.45) is 0.524. The first-order valence-electron chi connectivity index (χ1n) is 10.5. The quantitative estimate of drug-likeness (QED) is 0.737. The molecule has 1 N–H and O–H groups in total. The van der Waals surface area contributed by atoms with E-state index in [1.807, 2.05) is 54.6 Å². The number of likely N-dealkylation sites (N-methyl/N-ethyl adjacent to an activating group) is 1. The molecule has 0 radical (unpaired) electrons. The minimum Gasteiger partial charge on any atom is -0.497 e. The summed E-state index contributed by atoms with van der Waals surface area (Å²) in [6.45, 7) is 1.10. The highest BCUT2D eigenvalue weighted by Crippen LogP contribution is 2.19. The van der Waals surface area contributed by atoms with Crippen LogP contribution in [0.4, 0.5) is 4.79 Å². The predicted molar refractivity (Wildman–Crippen MR) is 117 cm³/mol. The number of amides is 2. The van der Waals surface area contributed by atoms with Gasteiger partial charge in [-0.05, 0) is 36.1 Å². The maximum Gasteiger partial charge on any atom is 0.410 e. The summed E-state index contributed by atoms with van der Waals surface area (Å²) in [5.41, 5.74) is 1.80. The van der Waals surface area contributed by atoms with Crippen LogP contribution in [0.25, 0.3) is 0 Å². The van der Waals surface area contributed by atoms with Gasteiger partial charge in [0.25, 0.3) is 0 Å². The molecule has 1 saturated heterocycles. The summed E-state index contributed by atoms with van der Waals surface area (Å²) in [5.74, 6) is 0.592. The van der Waals surface area contributed by atoms with Crippen LogP contribution in [0.2, 0.25) is 0 Å². The Balaban J connectivity index is 1.72. The molecular formula is C24H30N2O5. The Morgan fingerprint density at radius 3 is 2.32 bits per heavy atom. The molecule has 7 nitrogen and oxygen atoms in total. The van der Waals surface area contributed by atoms with E-state index in [0.717, 1.165) is 16.9 Å². The highest BCUT2D eigenvalue weighted by molar-refractivity contribution is 5.86. The van der Waals surface area contributed by atoms with E-state index >= 15 is 0 Å². The maximum absolute atomic E-state index is 13.3. The molecule has 0 saturated carbocycles. The van der Waals surface area contributed by atoms with Crippen molar-refractivity contribution in [1.29, 1.82) is 0 Å². The van der Waals surface area contributed by atoms with Gasteiger partial charge in [0.1, 0.15) is 18.4 Å². The fraction of sp³-hybridized carbons (Fsp3) is 0.417. The van der Waals surface area contributed by atoms with Gasteiger partial charge in [-0.3, -0.25) is 9.69 Å². The van der Waals surface area contributed by atoms with E-state index in [4.69, 9.17) is 9.47 Å². The van der Waals surface area contributed by atoms with Crippen molar-refractivity contribution in [2.45, 2.75) is 38.0 Å². The first-order valence-corrected chi connectivity index (χ1v) is 10.5. The number of ether oxygens (including phenoxy) is 2. The summed E-state index contributed by atoms with van der Waals surface area (Å²) in [4.78, 5) is 29.2. The Labute approximate surface area is 183 Å². The van der Waals surface area contributed by atoms with Gasteiger partial charge in [0.2, 0.25) is 5.91 Å². The molecule has 1 aliphatic rings. The molecule has 0 aliphatic carbocycles. The van der Waals surface area contributed by atoms with Crippen LogP contribution in [0.1, 0.15) is 24.0 Å². The molecule has 1 heterocycles. The summed E-state index contributed by atoms with van der Waals surface area (Å²) in [7, 11) is 3.20. The minimum atomic E-state index is -0.702. The number of aliphatic hydroxyl groups excluding tert-OH is 1. The van der Waals surface area contributed by atoms with Crippen molar-refractivity contribution in [3.63, 3.8) is 0 Å². The smallest absolute Gasteiger partial charge is 0.410 e. The van der Waals surface area contributed by atoms with Crippen LogP contribution < -0.4 is 4.74 Å². The largest absolute Gasteiger partial charge is 0.497 e. The van der Waals surface area contributed by atoms with Crippen LogP contribution in [-0.2, 0) is 22.6 Å². The van der Waals surface area contributed by atoms with Gasteiger partial charge in [-0.15, -0.1) is 0 Å². The molecule has 1 aliphatic heterocycles. The molecule has 7 heteroatoms. The van der Waals surface area contributed by atoms with Crippen molar-refractivity contribution >= 4 is 12.0 Å². The van der Waals surface area contributed by atoms with Crippen molar-refractivity contribution in [3.05, 3.63) is 65.7 Å². The SMILES string of the molecule is COc1ccc(CC(C(=O)N2CCC(O)CC2)N(C)C(=O)OCc2ccccc2)cc1. The van der Waals surface area contributed by atoms with Crippen LogP contribution in [0.3, 0.4) is 0 Å². The van der Waals surface area contributed by atoms with Gasteiger partial charge in [-0.25, -0.2) is 4.79 Å². The zero-order chi connectivity index (χ0) is 22.2. The molecule has 3 rings (SSSR count). The van der Waals surface area contributed by atoms with Crippen LogP contribution in [-0.4, -0.2) is 66.3 Å². The zero-order valence-corrected chi connectivity index (χ0v) is 18.1. The highest BCUT2D eigenvalue weighted by Gasteiger charge is 2.33. The lowest BCUT2D eigenvalue weighted by Crippen LogP contribution is -2.52. The van der Waals surface area contributed by atoms with E-state index in [2.05, 4.69) is 0 Å². The van der Waals surface area contributed by atoms with Crippen LogP contribution in [0.5, 0.6) is 5.75 Å². The van der Waals surface area contributed by atoms with Gasteiger partial charge in [-0.2, -0.15) is 0 Å². The minimum absolute atomic E-state index is 0.137. The Hall–Kier alpha value is -3.06. The van der Waals surface area contributed by atoms with Crippen molar-refractivity contribution < 1.29 is 24.2 Å². The monoisotopic (exact) mass is 426 g/mol. The van der Waals surface area contributed by atoms with E-state index in [-0.39, 0.29) is 18.6 Å². The number of methoxy groups -OCH3 is 1. The number of likely N-dealkylation sites (tertiary alicyclic amines) is 1. The fourth-order valence-electron chi connectivity index (χ4n) is 3.62. The second kappa shape index (κ2) is 10.8. The average molecular weight is 427 g/mol. The number of carbonyl (C=O) groups is 2. The van der Waals surface area contributed by atoms with E-state index in [1.54, 1.807) is 19.1 Å². The Kier molecular flexibility index (Phi) is 7.89. The molecule has 0 aromatic heterocycles. The summed E-state index contributed by atoms with van der Waals surface area (Å²) in [5, 5.41) is 9.77. The highest BCUT2D eigenvalue weighted by atomic mass is 16.6.